The number of nitrogens with zero attached hydrogens (tertiary/aromatic N) is 5. The number of aromatic nitrogens is 3. The molecule has 1 aliphatic heterocycles. The van der Waals surface area contributed by atoms with Gasteiger partial charge in [-0.3, -0.25) is 14.3 Å². The largest absolute Gasteiger partial charge is 0.346 e. The van der Waals surface area contributed by atoms with Gasteiger partial charge in [0.2, 0.25) is 5.91 Å². The van der Waals surface area contributed by atoms with E-state index in [2.05, 4.69) is 16.3 Å². The lowest BCUT2D eigenvalue weighted by Crippen LogP contribution is -2.39. The molecule has 1 amide bonds. The van der Waals surface area contributed by atoms with E-state index in [0.29, 0.717) is 30.9 Å². The van der Waals surface area contributed by atoms with Crippen molar-refractivity contribution < 1.29 is 4.79 Å². The van der Waals surface area contributed by atoms with Crippen molar-refractivity contribution in [1.82, 2.24) is 19.2 Å². The highest BCUT2D eigenvalue weighted by molar-refractivity contribution is 5.92. The Labute approximate surface area is 193 Å². The molecule has 1 N–H and O–H groups in total. The molecule has 8 nitrogen and oxygen atoms in total. The third kappa shape index (κ3) is 5.38. The molecule has 0 spiro atoms. The maximum atomic E-state index is 12.9. The summed E-state index contributed by atoms with van der Waals surface area (Å²) in [5.41, 5.74) is 2.23. The van der Waals surface area contributed by atoms with Gasteiger partial charge in [0.05, 0.1) is 24.7 Å². The van der Waals surface area contributed by atoms with E-state index in [1.54, 1.807) is 33.5 Å². The minimum atomic E-state index is -0.0734. The van der Waals surface area contributed by atoms with Crippen molar-refractivity contribution in [2.45, 2.75) is 38.8 Å². The second-order valence-electron chi connectivity index (χ2n) is 8.32. The molecular formula is C25H28N6O2. The van der Waals surface area contributed by atoms with Gasteiger partial charge in [-0.05, 0) is 62.7 Å². The van der Waals surface area contributed by atoms with Crippen LogP contribution < -0.4 is 11.0 Å². The number of nitriles is 1. The third-order valence-corrected chi connectivity index (χ3v) is 6.06. The van der Waals surface area contributed by atoms with Gasteiger partial charge in [-0.25, -0.2) is 9.48 Å². The number of rotatable bonds is 7. The smallest absolute Gasteiger partial charge is 0.325 e. The SMILES string of the molecule is CCn1c(C2CCN(CC(=O)Nc3ccc(C#N)cc3)CC2)nn(Cc2ccccc2)c1=O. The van der Waals surface area contributed by atoms with Crippen LogP contribution in [0.15, 0.2) is 59.4 Å². The predicted octanol–water partition coefficient (Wildman–Crippen LogP) is 2.80. The van der Waals surface area contributed by atoms with Gasteiger partial charge in [-0.15, -0.1) is 0 Å². The van der Waals surface area contributed by atoms with Gasteiger partial charge in [0.25, 0.3) is 0 Å². The number of anilines is 1. The summed E-state index contributed by atoms with van der Waals surface area (Å²) >= 11 is 0. The van der Waals surface area contributed by atoms with E-state index in [9.17, 15) is 9.59 Å². The lowest BCUT2D eigenvalue weighted by atomic mass is 9.96. The van der Waals surface area contributed by atoms with Crippen LogP contribution >= 0.6 is 0 Å². The van der Waals surface area contributed by atoms with Crippen molar-refractivity contribution >= 4 is 11.6 Å². The molecule has 1 saturated heterocycles. The zero-order valence-corrected chi connectivity index (χ0v) is 18.8. The molecule has 33 heavy (non-hydrogen) atoms. The molecule has 3 aromatic rings. The Balaban J connectivity index is 1.35. The lowest BCUT2D eigenvalue weighted by molar-refractivity contribution is -0.117. The van der Waals surface area contributed by atoms with Crippen molar-refractivity contribution in [3.8, 4) is 6.07 Å². The Kier molecular flexibility index (Phi) is 7.01. The number of likely N-dealkylation sites (tertiary alicyclic amines) is 1. The highest BCUT2D eigenvalue weighted by atomic mass is 16.2. The first-order valence-corrected chi connectivity index (χ1v) is 11.3. The van der Waals surface area contributed by atoms with Crippen LogP contribution in [0.2, 0.25) is 0 Å². The Morgan fingerprint density at radius 1 is 1.12 bits per heavy atom. The predicted molar refractivity (Wildman–Crippen MR) is 126 cm³/mol. The third-order valence-electron chi connectivity index (χ3n) is 6.06. The van der Waals surface area contributed by atoms with Crippen LogP contribution in [0.25, 0.3) is 0 Å². The fourth-order valence-electron chi connectivity index (χ4n) is 4.30. The molecular weight excluding hydrogens is 416 g/mol. The van der Waals surface area contributed by atoms with Crippen LogP contribution in [0.4, 0.5) is 5.69 Å². The number of amides is 1. The van der Waals surface area contributed by atoms with Gasteiger partial charge in [0.1, 0.15) is 5.82 Å². The molecule has 8 heteroatoms. The fourth-order valence-corrected chi connectivity index (χ4v) is 4.30. The summed E-state index contributed by atoms with van der Waals surface area (Å²) < 4.78 is 3.34. The molecule has 0 radical (unpaired) electrons. The summed E-state index contributed by atoms with van der Waals surface area (Å²) in [7, 11) is 0. The topological polar surface area (TPSA) is 95.9 Å². The zero-order chi connectivity index (χ0) is 23.2. The number of carbonyl (C=O) groups excluding carboxylic acids is 1. The van der Waals surface area contributed by atoms with E-state index in [4.69, 9.17) is 10.4 Å². The molecule has 0 bridgehead atoms. The average molecular weight is 445 g/mol. The molecule has 0 atom stereocenters. The van der Waals surface area contributed by atoms with Crippen molar-refractivity contribution in [1.29, 1.82) is 5.26 Å². The van der Waals surface area contributed by atoms with Gasteiger partial charge < -0.3 is 5.32 Å². The molecule has 2 heterocycles. The molecule has 4 rings (SSSR count). The van der Waals surface area contributed by atoms with Gasteiger partial charge in [0, 0.05) is 18.2 Å². The Hall–Kier alpha value is -3.70. The van der Waals surface area contributed by atoms with Crippen molar-refractivity contribution in [2.75, 3.05) is 25.0 Å². The van der Waals surface area contributed by atoms with Crippen LogP contribution in [0.5, 0.6) is 0 Å². The number of hydrogen-bond donors (Lipinski definition) is 1. The number of carbonyl (C=O) groups is 1. The van der Waals surface area contributed by atoms with Crippen molar-refractivity contribution in [3.05, 3.63) is 82.0 Å². The molecule has 0 unspecified atom stereocenters. The summed E-state index contributed by atoms with van der Waals surface area (Å²) in [6.45, 7) is 4.89. The summed E-state index contributed by atoms with van der Waals surface area (Å²) in [5.74, 6) is 0.975. The van der Waals surface area contributed by atoms with E-state index in [0.717, 1.165) is 37.3 Å². The summed E-state index contributed by atoms with van der Waals surface area (Å²) in [4.78, 5) is 27.4. The number of benzene rings is 2. The normalized spacial score (nSPS) is 14.7. The second-order valence-corrected chi connectivity index (χ2v) is 8.32. The minimum Gasteiger partial charge on any atom is -0.325 e. The van der Waals surface area contributed by atoms with E-state index in [1.165, 1.54) is 0 Å². The van der Waals surface area contributed by atoms with E-state index in [1.807, 2.05) is 37.3 Å². The number of hydrogen-bond acceptors (Lipinski definition) is 5. The van der Waals surface area contributed by atoms with Gasteiger partial charge in [0.15, 0.2) is 0 Å². The highest BCUT2D eigenvalue weighted by Gasteiger charge is 2.27. The summed E-state index contributed by atoms with van der Waals surface area (Å²) in [6, 6.07) is 18.8. The molecule has 1 fully saturated rings. The van der Waals surface area contributed by atoms with Crippen LogP contribution in [-0.2, 0) is 17.9 Å². The van der Waals surface area contributed by atoms with Gasteiger partial charge in [-0.2, -0.15) is 10.4 Å². The van der Waals surface area contributed by atoms with Gasteiger partial charge in [-0.1, -0.05) is 30.3 Å². The second kappa shape index (κ2) is 10.3. The first-order valence-electron chi connectivity index (χ1n) is 11.3. The van der Waals surface area contributed by atoms with Crippen LogP contribution in [0.3, 0.4) is 0 Å². The minimum absolute atomic E-state index is 0.0689. The van der Waals surface area contributed by atoms with E-state index < -0.39 is 0 Å². The van der Waals surface area contributed by atoms with Crippen molar-refractivity contribution in [3.63, 3.8) is 0 Å². The van der Waals surface area contributed by atoms with Crippen LogP contribution in [-0.4, -0.2) is 44.8 Å². The molecule has 1 aromatic heterocycles. The molecule has 0 aliphatic carbocycles. The Bertz CT molecular complexity index is 1180. The lowest BCUT2D eigenvalue weighted by Gasteiger charge is -2.30. The first kappa shape index (κ1) is 22.5. The maximum Gasteiger partial charge on any atom is 0.346 e. The first-order chi connectivity index (χ1) is 16.1. The fraction of sp³-hybridized carbons (Fsp3) is 0.360. The molecule has 0 saturated carbocycles. The quantitative estimate of drug-likeness (QED) is 0.605. The van der Waals surface area contributed by atoms with E-state index in [-0.39, 0.29) is 17.5 Å². The standard InChI is InChI=1S/C25H28N6O2/c1-2-30-24(28-31(25(30)33)17-20-6-4-3-5-7-20)21-12-14-29(15-13-21)18-23(32)27-22-10-8-19(16-26)9-11-22/h3-11,21H,2,12-15,17-18H2,1H3,(H,27,32). The highest BCUT2D eigenvalue weighted by Crippen LogP contribution is 2.26. The Morgan fingerprint density at radius 2 is 1.82 bits per heavy atom. The van der Waals surface area contributed by atoms with E-state index >= 15 is 0 Å². The molecule has 2 aromatic carbocycles. The monoisotopic (exact) mass is 444 g/mol. The zero-order valence-electron chi connectivity index (χ0n) is 18.8. The average Bonchev–Trinajstić information content (AvgIpc) is 3.15. The molecule has 1 aliphatic rings. The summed E-state index contributed by atoms with van der Waals surface area (Å²) in [5, 5.41) is 16.5. The van der Waals surface area contributed by atoms with Crippen LogP contribution in [0, 0.1) is 11.3 Å². The van der Waals surface area contributed by atoms with Crippen molar-refractivity contribution in [2.24, 2.45) is 0 Å². The van der Waals surface area contributed by atoms with Crippen LogP contribution in [0.1, 0.15) is 42.6 Å². The summed E-state index contributed by atoms with van der Waals surface area (Å²) in [6.07, 6.45) is 1.71. The molecule has 170 valence electrons. The number of nitrogens with one attached hydrogen (secondary N) is 1. The Morgan fingerprint density at radius 3 is 2.45 bits per heavy atom. The number of piperidine rings is 1. The van der Waals surface area contributed by atoms with Gasteiger partial charge >= 0.3 is 5.69 Å². The maximum absolute atomic E-state index is 12.9.